The van der Waals surface area contributed by atoms with Gasteiger partial charge in [0, 0.05) is 50.2 Å². The number of carbonyl (C=O) groups is 1. The summed E-state index contributed by atoms with van der Waals surface area (Å²) in [5, 5.41) is 10.1. The molecule has 7 heteroatoms. The molecule has 0 aromatic carbocycles. The van der Waals surface area contributed by atoms with Crippen molar-refractivity contribution < 1.29 is 4.79 Å². The number of nitrogens with zero attached hydrogens (tertiary/aromatic N) is 4. The number of fused-ring (bicyclic) bond motifs is 1. The van der Waals surface area contributed by atoms with Crippen molar-refractivity contribution in [2.24, 2.45) is 0 Å². The Labute approximate surface area is 153 Å². The van der Waals surface area contributed by atoms with E-state index in [2.05, 4.69) is 43.3 Å². The molecule has 0 unspecified atom stereocenters. The minimum atomic E-state index is -0.107. The van der Waals surface area contributed by atoms with Crippen molar-refractivity contribution in [1.82, 2.24) is 25.4 Å². The Hall–Kier alpha value is -2.41. The van der Waals surface area contributed by atoms with E-state index in [1.54, 1.807) is 0 Å². The summed E-state index contributed by atoms with van der Waals surface area (Å²) in [7, 11) is 0. The first-order chi connectivity index (χ1) is 12.7. The van der Waals surface area contributed by atoms with Gasteiger partial charge < -0.3 is 15.1 Å². The third kappa shape index (κ3) is 3.44. The zero-order valence-electron chi connectivity index (χ0n) is 15.3. The van der Waals surface area contributed by atoms with Crippen LogP contribution in [-0.4, -0.2) is 58.7 Å². The number of carbonyl (C=O) groups excluding carboxylic acids is 1. The van der Waals surface area contributed by atoms with Gasteiger partial charge >= 0.3 is 0 Å². The summed E-state index contributed by atoms with van der Waals surface area (Å²) in [6, 6.07) is 4.10. The fourth-order valence-corrected chi connectivity index (χ4v) is 3.77. The summed E-state index contributed by atoms with van der Waals surface area (Å²) in [6.07, 6.45) is 4.89. The quantitative estimate of drug-likeness (QED) is 0.848. The van der Waals surface area contributed by atoms with E-state index in [0.29, 0.717) is 12.2 Å². The van der Waals surface area contributed by atoms with Gasteiger partial charge in [0.25, 0.3) is 5.91 Å². The first kappa shape index (κ1) is 17.0. The number of amides is 1. The highest BCUT2D eigenvalue weighted by Gasteiger charge is 2.22. The smallest absolute Gasteiger partial charge is 0.272 e. The summed E-state index contributed by atoms with van der Waals surface area (Å²) >= 11 is 0. The van der Waals surface area contributed by atoms with Crippen LogP contribution in [0, 0.1) is 0 Å². The number of hydrogen-bond donors (Lipinski definition) is 2. The molecular formula is C19H26N6O. The second-order valence-electron chi connectivity index (χ2n) is 7.01. The van der Waals surface area contributed by atoms with Crippen molar-refractivity contribution in [3.63, 3.8) is 0 Å². The van der Waals surface area contributed by atoms with E-state index in [4.69, 9.17) is 0 Å². The van der Waals surface area contributed by atoms with Crippen molar-refractivity contribution in [3.8, 4) is 0 Å². The average Bonchev–Trinajstić information content (AvgIpc) is 3.30. The molecule has 1 aliphatic carbocycles. The monoisotopic (exact) mass is 354 g/mol. The molecule has 0 atom stereocenters. The highest BCUT2D eigenvalue weighted by molar-refractivity contribution is 5.94. The molecule has 26 heavy (non-hydrogen) atoms. The maximum absolute atomic E-state index is 12.4. The lowest BCUT2D eigenvalue weighted by molar-refractivity contribution is 0.0945. The lowest BCUT2D eigenvalue weighted by atomic mass is 10.2. The minimum absolute atomic E-state index is 0.107. The second kappa shape index (κ2) is 7.45. The Balaban J connectivity index is 1.32. The molecular weight excluding hydrogens is 328 g/mol. The maximum Gasteiger partial charge on any atom is 0.272 e. The van der Waals surface area contributed by atoms with Crippen molar-refractivity contribution >= 4 is 11.7 Å². The molecule has 0 saturated carbocycles. The number of nitrogens with one attached hydrogen (secondary N) is 2. The van der Waals surface area contributed by atoms with Crippen LogP contribution in [0.1, 0.15) is 40.7 Å². The summed E-state index contributed by atoms with van der Waals surface area (Å²) in [5.41, 5.74) is 3.75. The number of likely N-dealkylation sites (N-methyl/N-ethyl adjacent to an activating group) is 1. The van der Waals surface area contributed by atoms with E-state index in [0.717, 1.165) is 74.6 Å². The first-order valence-electron chi connectivity index (χ1n) is 9.51. The molecule has 0 radical (unpaired) electrons. The normalized spacial score (nSPS) is 17.3. The molecule has 138 valence electrons. The van der Waals surface area contributed by atoms with Crippen LogP contribution in [-0.2, 0) is 19.4 Å². The molecule has 2 aromatic heterocycles. The predicted octanol–water partition coefficient (Wildman–Crippen LogP) is 1.37. The molecule has 1 aliphatic heterocycles. The van der Waals surface area contributed by atoms with Gasteiger partial charge in [-0.2, -0.15) is 5.10 Å². The third-order valence-corrected chi connectivity index (χ3v) is 5.43. The van der Waals surface area contributed by atoms with E-state index in [1.807, 2.05) is 12.3 Å². The number of aromatic amines is 1. The van der Waals surface area contributed by atoms with Gasteiger partial charge in [0.05, 0.1) is 0 Å². The standard InChI is InChI=1S/C19H26N6O/c1-2-24-8-10-25(11-9-24)17-7-6-14(12-20-17)13-21-19(26)18-15-4-3-5-16(15)22-23-18/h6-7,12H,2-5,8-11,13H2,1H3,(H,21,26)(H,22,23). The van der Waals surface area contributed by atoms with Crippen LogP contribution < -0.4 is 10.2 Å². The topological polar surface area (TPSA) is 77.1 Å². The Kier molecular flexibility index (Phi) is 4.88. The van der Waals surface area contributed by atoms with E-state index in [1.165, 1.54) is 0 Å². The summed E-state index contributed by atoms with van der Waals surface area (Å²) in [5.74, 6) is 0.908. The molecule has 3 heterocycles. The lowest BCUT2D eigenvalue weighted by Gasteiger charge is -2.34. The van der Waals surface area contributed by atoms with Crippen LogP contribution in [0.2, 0.25) is 0 Å². The molecule has 0 bridgehead atoms. The van der Waals surface area contributed by atoms with E-state index >= 15 is 0 Å². The van der Waals surface area contributed by atoms with Crippen molar-refractivity contribution in [3.05, 3.63) is 40.8 Å². The second-order valence-corrected chi connectivity index (χ2v) is 7.01. The summed E-state index contributed by atoms with van der Waals surface area (Å²) in [6.45, 7) is 7.99. The van der Waals surface area contributed by atoms with Crippen LogP contribution in [0.5, 0.6) is 0 Å². The largest absolute Gasteiger partial charge is 0.354 e. The number of H-pyrrole nitrogens is 1. The van der Waals surface area contributed by atoms with Gasteiger partial charge in [-0.3, -0.25) is 9.89 Å². The molecule has 7 nitrogen and oxygen atoms in total. The molecule has 1 saturated heterocycles. The lowest BCUT2D eigenvalue weighted by Crippen LogP contribution is -2.46. The van der Waals surface area contributed by atoms with Crippen LogP contribution in [0.15, 0.2) is 18.3 Å². The van der Waals surface area contributed by atoms with E-state index < -0.39 is 0 Å². The molecule has 4 rings (SSSR count). The predicted molar refractivity (Wildman–Crippen MR) is 100 cm³/mol. The fourth-order valence-electron chi connectivity index (χ4n) is 3.77. The molecule has 0 spiro atoms. The van der Waals surface area contributed by atoms with Gasteiger partial charge in [0.2, 0.25) is 0 Å². The van der Waals surface area contributed by atoms with Crippen LogP contribution in [0.4, 0.5) is 5.82 Å². The van der Waals surface area contributed by atoms with Crippen molar-refractivity contribution in [1.29, 1.82) is 0 Å². The summed E-state index contributed by atoms with van der Waals surface area (Å²) in [4.78, 5) is 21.7. The van der Waals surface area contributed by atoms with Gasteiger partial charge in [-0.15, -0.1) is 0 Å². The van der Waals surface area contributed by atoms with E-state index in [-0.39, 0.29) is 5.91 Å². The molecule has 1 amide bonds. The Morgan fingerprint density at radius 3 is 2.81 bits per heavy atom. The van der Waals surface area contributed by atoms with Gasteiger partial charge in [-0.25, -0.2) is 4.98 Å². The number of aryl methyl sites for hydroxylation is 1. The number of piperazine rings is 1. The molecule has 1 fully saturated rings. The minimum Gasteiger partial charge on any atom is -0.354 e. The summed E-state index contributed by atoms with van der Waals surface area (Å²) < 4.78 is 0. The molecule has 2 aromatic rings. The van der Waals surface area contributed by atoms with Gasteiger partial charge in [-0.1, -0.05) is 13.0 Å². The Bertz CT molecular complexity index is 761. The number of aromatic nitrogens is 3. The van der Waals surface area contributed by atoms with Crippen LogP contribution in [0.25, 0.3) is 0 Å². The Morgan fingerprint density at radius 1 is 1.23 bits per heavy atom. The van der Waals surface area contributed by atoms with Crippen molar-refractivity contribution in [2.45, 2.75) is 32.7 Å². The fraction of sp³-hybridized carbons (Fsp3) is 0.526. The Morgan fingerprint density at radius 2 is 2.08 bits per heavy atom. The number of hydrogen-bond acceptors (Lipinski definition) is 5. The maximum atomic E-state index is 12.4. The third-order valence-electron chi connectivity index (χ3n) is 5.43. The van der Waals surface area contributed by atoms with Gasteiger partial charge in [0.15, 0.2) is 5.69 Å². The SMILES string of the molecule is CCN1CCN(c2ccc(CNC(=O)c3n[nH]c4c3CCC4)cn2)CC1. The van der Waals surface area contributed by atoms with Crippen LogP contribution in [0.3, 0.4) is 0 Å². The van der Waals surface area contributed by atoms with Gasteiger partial charge in [0.1, 0.15) is 5.82 Å². The van der Waals surface area contributed by atoms with Crippen LogP contribution >= 0.6 is 0 Å². The zero-order valence-corrected chi connectivity index (χ0v) is 15.3. The highest BCUT2D eigenvalue weighted by atomic mass is 16.1. The molecule has 2 aliphatic rings. The van der Waals surface area contributed by atoms with Gasteiger partial charge in [-0.05, 0) is 37.4 Å². The van der Waals surface area contributed by atoms with E-state index in [9.17, 15) is 4.79 Å². The zero-order chi connectivity index (χ0) is 17.9. The highest BCUT2D eigenvalue weighted by Crippen LogP contribution is 2.22. The number of anilines is 1. The number of pyridine rings is 1. The van der Waals surface area contributed by atoms with Crippen molar-refractivity contribution in [2.75, 3.05) is 37.6 Å². The average molecular weight is 354 g/mol. The molecule has 2 N–H and O–H groups in total. The number of rotatable bonds is 5. The first-order valence-corrected chi connectivity index (χ1v) is 9.51.